The Kier molecular flexibility index (Phi) is 5.46. The van der Waals surface area contributed by atoms with Gasteiger partial charge in [0.2, 0.25) is 5.95 Å². The molecule has 0 atom stereocenters. The van der Waals surface area contributed by atoms with Crippen LogP contribution in [-0.2, 0) is 0 Å². The molecule has 4 heterocycles. The van der Waals surface area contributed by atoms with Crippen LogP contribution in [-0.4, -0.2) is 38.9 Å². The average molecular weight is 425 g/mol. The second kappa shape index (κ2) is 8.70. The van der Waals surface area contributed by atoms with Crippen LogP contribution in [0.4, 0.5) is 11.6 Å². The zero-order chi connectivity index (χ0) is 21.9. The van der Waals surface area contributed by atoms with E-state index in [2.05, 4.69) is 25.2 Å². The van der Waals surface area contributed by atoms with E-state index in [4.69, 9.17) is 4.98 Å². The maximum Gasteiger partial charge on any atom is 0.259 e. The zero-order valence-electron chi connectivity index (χ0n) is 18.0. The lowest BCUT2D eigenvalue weighted by Gasteiger charge is -2.27. The molecule has 7 nitrogen and oxygen atoms in total. The molecule has 1 aromatic carbocycles. The molecule has 1 aliphatic rings. The number of para-hydroxylation sites is 1. The normalized spacial score (nSPS) is 13.8. The van der Waals surface area contributed by atoms with Crippen molar-refractivity contribution >= 4 is 28.4 Å². The van der Waals surface area contributed by atoms with Crippen molar-refractivity contribution in [1.82, 2.24) is 19.9 Å². The smallest absolute Gasteiger partial charge is 0.259 e. The number of aryl methyl sites for hydroxylation is 1. The van der Waals surface area contributed by atoms with Crippen LogP contribution in [0.5, 0.6) is 0 Å². The highest BCUT2D eigenvalue weighted by molar-refractivity contribution is 6.11. The van der Waals surface area contributed by atoms with E-state index in [-0.39, 0.29) is 5.91 Å². The Morgan fingerprint density at radius 3 is 2.66 bits per heavy atom. The van der Waals surface area contributed by atoms with E-state index in [0.717, 1.165) is 53.8 Å². The molecular formula is C25H24N6O. The summed E-state index contributed by atoms with van der Waals surface area (Å²) in [5.74, 6) is 0.398. The summed E-state index contributed by atoms with van der Waals surface area (Å²) < 4.78 is 0. The Morgan fingerprint density at radius 2 is 1.84 bits per heavy atom. The molecule has 1 N–H and O–H groups in total. The van der Waals surface area contributed by atoms with E-state index in [9.17, 15) is 4.79 Å². The maximum atomic E-state index is 13.4. The molecule has 5 rings (SSSR count). The van der Waals surface area contributed by atoms with E-state index >= 15 is 0 Å². The van der Waals surface area contributed by atoms with Crippen molar-refractivity contribution in [2.45, 2.75) is 26.2 Å². The van der Waals surface area contributed by atoms with Crippen molar-refractivity contribution in [3.05, 3.63) is 72.3 Å². The number of amides is 1. The standard InChI is InChI=1S/C25H24N6O/c1-17-14-22(19-9-3-4-10-21(19)28-17)29-24(32)20-16-27-25(31-12-5-2-6-13-31)30-23(20)18-8-7-11-26-15-18/h3-4,7-11,14-16H,2,5-6,12-13H2,1H3,(H,28,29,32). The number of nitrogens with zero attached hydrogens (tertiary/aromatic N) is 5. The zero-order valence-corrected chi connectivity index (χ0v) is 18.0. The van der Waals surface area contributed by atoms with Crippen LogP contribution in [0, 0.1) is 6.92 Å². The first-order chi connectivity index (χ1) is 15.7. The number of carbonyl (C=O) groups is 1. The molecule has 0 saturated carbocycles. The van der Waals surface area contributed by atoms with Gasteiger partial charge < -0.3 is 10.2 Å². The summed E-state index contributed by atoms with van der Waals surface area (Å²) in [7, 11) is 0. The van der Waals surface area contributed by atoms with Gasteiger partial charge in [-0.15, -0.1) is 0 Å². The molecule has 32 heavy (non-hydrogen) atoms. The largest absolute Gasteiger partial charge is 0.341 e. The first kappa shape index (κ1) is 20.1. The Labute approximate surface area is 186 Å². The Morgan fingerprint density at radius 1 is 1.00 bits per heavy atom. The lowest BCUT2D eigenvalue weighted by atomic mass is 10.1. The number of benzene rings is 1. The van der Waals surface area contributed by atoms with Gasteiger partial charge in [-0.1, -0.05) is 18.2 Å². The van der Waals surface area contributed by atoms with Gasteiger partial charge in [0.25, 0.3) is 5.91 Å². The topological polar surface area (TPSA) is 83.9 Å². The van der Waals surface area contributed by atoms with E-state index in [1.165, 1.54) is 6.42 Å². The summed E-state index contributed by atoms with van der Waals surface area (Å²) in [6.07, 6.45) is 8.55. The number of fused-ring (bicyclic) bond motifs is 1. The van der Waals surface area contributed by atoms with Crippen LogP contribution in [0.25, 0.3) is 22.2 Å². The minimum Gasteiger partial charge on any atom is -0.341 e. The van der Waals surface area contributed by atoms with E-state index < -0.39 is 0 Å². The molecule has 1 amide bonds. The molecule has 160 valence electrons. The molecule has 0 radical (unpaired) electrons. The molecule has 0 unspecified atom stereocenters. The van der Waals surface area contributed by atoms with Crippen LogP contribution in [0.1, 0.15) is 35.3 Å². The fourth-order valence-electron chi connectivity index (χ4n) is 4.11. The monoisotopic (exact) mass is 424 g/mol. The second-order valence-corrected chi connectivity index (χ2v) is 8.00. The predicted octanol–water partition coefficient (Wildman–Crippen LogP) is 4.64. The minimum atomic E-state index is -0.259. The van der Waals surface area contributed by atoms with Gasteiger partial charge in [0, 0.05) is 48.3 Å². The van der Waals surface area contributed by atoms with Crippen molar-refractivity contribution < 1.29 is 4.79 Å². The van der Waals surface area contributed by atoms with Gasteiger partial charge in [-0.2, -0.15) is 0 Å². The highest BCUT2D eigenvalue weighted by Crippen LogP contribution is 2.27. The number of piperidine rings is 1. The summed E-state index contributed by atoms with van der Waals surface area (Å²) in [5, 5.41) is 3.95. The van der Waals surface area contributed by atoms with Gasteiger partial charge in [0.15, 0.2) is 0 Å². The van der Waals surface area contributed by atoms with Crippen molar-refractivity contribution in [1.29, 1.82) is 0 Å². The molecule has 4 aromatic rings. The van der Waals surface area contributed by atoms with Gasteiger partial charge in [-0.25, -0.2) is 9.97 Å². The highest BCUT2D eigenvalue weighted by atomic mass is 16.1. The van der Waals surface area contributed by atoms with Crippen LogP contribution in [0.15, 0.2) is 61.1 Å². The van der Waals surface area contributed by atoms with Gasteiger partial charge in [-0.3, -0.25) is 14.8 Å². The summed E-state index contributed by atoms with van der Waals surface area (Å²) in [5.41, 5.74) is 4.18. The van der Waals surface area contributed by atoms with Gasteiger partial charge in [0.05, 0.1) is 22.5 Å². The number of aromatic nitrogens is 4. The lowest BCUT2D eigenvalue weighted by Crippen LogP contribution is -2.31. The number of nitrogens with one attached hydrogen (secondary N) is 1. The van der Waals surface area contributed by atoms with Crippen molar-refractivity contribution in [2.75, 3.05) is 23.3 Å². The molecule has 1 aliphatic heterocycles. The number of carbonyl (C=O) groups excluding carboxylic acids is 1. The molecule has 1 saturated heterocycles. The highest BCUT2D eigenvalue weighted by Gasteiger charge is 2.21. The van der Waals surface area contributed by atoms with Gasteiger partial charge in [0.1, 0.15) is 0 Å². The van der Waals surface area contributed by atoms with Crippen LogP contribution in [0.2, 0.25) is 0 Å². The van der Waals surface area contributed by atoms with Crippen molar-refractivity contribution in [2.24, 2.45) is 0 Å². The SMILES string of the molecule is Cc1cc(NC(=O)c2cnc(N3CCCCC3)nc2-c2cccnc2)c2ccccc2n1. The van der Waals surface area contributed by atoms with Crippen LogP contribution in [0.3, 0.4) is 0 Å². The number of anilines is 2. The van der Waals surface area contributed by atoms with Crippen LogP contribution < -0.4 is 10.2 Å². The Hall–Kier alpha value is -3.87. The van der Waals surface area contributed by atoms with Crippen molar-refractivity contribution in [3.63, 3.8) is 0 Å². The molecular weight excluding hydrogens is 400 g/mol. The molecule has 7 heteroatoms. The number of hydrogen-bond acceptors (Lipinski definition) is 6. The Bertz CT molecular complexity index is 1270. The first-order valence-electron chi connectivity index (χ1n) is 10.9. The lowest BCUT2D eigenvalue weighted by molar-refractivity contribution is 0.102. The molecule has 3 aromatic heterocycles. The number of hydrogen-bond donors (Lipinski definition) is 1. The summed E-state index contributed by atoms with van der Waals surface area (Å²) in [6.45, 7) is 3.78. The van der Waals surface area contributed by atoms with Gasteiger partial charge >= 0.3 is 0 Å². The fraction of sp³-hybridized carbons (Fsp3) is 0.240. The minimum absolute atomic E-state index is 0.259. The fourth-order valence-corrected chi connectivity index (χ4v) is 4.11. The molecule has 0 aliphatic carbocycles. The summed E-state index contributed by atoms with van der Waals surface area (Å²) in [6, 6.07) is 13.4. The third-order valence-electron chi connectivity index (χ3n) is 5.69. The quantitative estimate of drug-likeness (QED) is 0.514. The third-order valence-corrected chi connectivity index (χ3v) is 5.69. The average Bonchev–Trinajstić information content (AvgIpc) is 2.84. The second-order valence-electron chi connectivity index (χ2n) is 8.00. The molecule has 0 spiro atoms. The summed E-state index contributed by atoms with van der Waals surface area (Å²) in [4.78, 5) is 33.7. The van der Waals surface area contributed by atoms with Gasteiger partial charge in [-0.05, 0) is 50.5 Å². The van der Waals surface area contributed by atoms with E-state index in [0.29, 0.717) is 17.2 Å². The molecule has 0 bridgehead atoms. The Balaban J connectivity index is 1.54. The number of rotatable bonds is 4. The first-order valence-corrected chi connectivity index (χ1v) is 10.9. The van der Waals surface area contributed by atoms with E-state index in [1.807, 2.05) is 49.4 Å². The van der Waals surface area contributed by atoms with Crippen molar-refractivity contribution in [3.8, 4) is 11.3 Å². The predicted molar refractivity (Wildman–Crippen MR) is 126 cm³/mol. The maximum absolute atomic E-state index is 13.4. The van der Waals surface area contributed by atoms with E-state index in [1.54, 1.807) is 18.6 Å². The summed E-state index contributed by atoms with van der Waals surface area (Å²) >= 11 is 0. The third kappa shape index (κ3) is 4.01. The molecule has 1 fully saturated rings. The van der Waals surface area contributed by atoms with Crippen LogP contribution >= 0.6 is 0 Å². The number of pyridine rings is 2.